The zero-order valence-corrected chi connectivity index (χ0v) is 46.4. The molecule has 0 bridgehead atoms. The molecular formula is C70H74INO2. The van der Waals surface area contributed by atoms with Gasteiger partial charge in [-0.05, 0) is 207 Å². The van der Waals surface area contributed by atoms with Gasteiger partial charge >= 0.3 is 0 Å². The summed E-state index contributed by atoms with van der Waals surface area (Å²) in [5.41, 5.74) is 16.3. The lowest BCUT2D eigenvalue weighted by Crippen LogP contribution is -2.25. The van der Waals surface area contributed by atoms with Crippen molar-refractivity contribution < 1.29 is 9.47 Å². The highest BCUT2D eigenvalue weighted by Gasteiger charge is 2.06. The number of anilines is 1. The molecule has 0 aromatic heterocycles. The van der Waals surface area contributed by atoms with E-state index in [-0.39, 0.29) is 0 Å². The van der Waals surface area contributed by atoms with Crippen molar-refractivity contribution in [1.29, 1.82) is 0 Å². The Morgan fingerprint density at radius 2 is 0.689 bits per heavy atom. The minimum absolute atomic E-state index is 0.762. The van der Waals surface area contributed by atoms with E-state index in [9.17, 15) is 0 Å². The Labute approximate surface area is 457 Å². The van der Waals surface area contributed by atoms with Gasteiger partial charge in [-0.25, -0.2) is 0 Å². The van der Waals surface area contributed by atoms with Gasteiger partial charge in [0.25, 0.3) is 0 Å². The van der Waals surface area contributed by atoms with Gasteiger partial charge in [-0.3, -0.25) is 0 Å². The van der Waals surface area contributed by atoms with Gasteiger partial charge in [0.2, 0.25) is 0 Å². The maximum Gasteiger partial charge on any atom is 0.119 e. The topological polar surface area (TPSA) is 21.7 Å². The van der Waals surface area contributed by atoms with Crippen LogP contribution < -0.4 is 14.4 Å². The van der Waals surface area contributed by atoms with Crippen molar-refractivity contribution in [2.75, 3.05) is 31.7 Å². The van der Waals surface area contributed by atoms with E-state index in [2.05, 4.69) is 268 Å². The van der Waals surface area contributed by atoms with Crippen molar-refractivity contribution >= 4 is 101 Å². The molecule has 74 heavy (non-hydrogen) atoms. The standard InChI is InChI=1S/C70H74INO2/c1-6-9-12-13-44-74-70-40-34-58(35-41-70)21-25-62-46-61(24-20-57-32-38-69(73-5)39-33-57)49-64(50-62)27-29-66-51-65(52-67(71)53-66)28-26-63-47-59(22-18-55-16-14-54(4)15-17-55)45-60(48-63)23-19-56-30-36-68(37-31-56)72(42-10-7-2)43-11-8-3/h14-41,45-53H,6-13,42-44H2,1-5H3/b22-18+,23-19+,24-20+,25-21+,28-26+,29-27+. The van der Waals surface area contributed by atoms with Gasteiger partial charge in [0.1, 0.15) is 11.5 Å². The van der Waals surface area contributed by atoms with Gasteiger partial charge in [-0.1, -0.05) is 192 Å². The number of benzene rings is 7. The molecule has 0 aliphatic heterocycles. The van der Waals surface area contributed by atoms with E-state index in [4.69, 9.17) is 9.47 Å². The first-order valence-corrected chi connectivity index (χ1v) is 27.8. The fourth-order valence-corrected chi connectivity index (χ4v) is 9.34. The Hall–Kier alpha value is -6.89. The molecule has 0 aliphatic carbocycles. The first kappa shape index (κ1) is 54.9. The van der Waals surface area contributed by atoms with Crippen molar-refractivity contribution in [2.24, 2.45) is 0 Å². The van der Waals surface area contributed by atoms with Gasteiger partial charge in [0, 0.05) is 22.3 Å². The number of ether oxygens (including phenoxy) is 2. The van der Waals surface area contributed by atoms with Crippen LogP contribution in [0.4, 0.5) is 5.69 Å². The third-order valence-corrected chi connectivity index (χ3v) is 13.5. The number of halogens is 1. The molecule has 0 saturated heterocycles. The van der Waals surface area contributed by atoms with Gasteiger partial charge in [-0.2, -0.15) is 0 Å². The minimum Gasteiger partial charge on any atom is -0.497 e. The van der Waals surface area contributed by atoms with E-state index in [1.807, 2.05) is 12.1 Å². The predicted molar refractivity (Wildman–Crippen MR) is 334 cm³/mol. The van der Waals surface area contributed by atoms with Crippen LogP contribution >= 0.6 is 22.6 Å². The van der Waals surface area contributed by atoms with Crippen molar-refractivity contribution in [2.45, 2.75) is 79.1 Å². The van der Waals surface area contributed by atoms with Crippen molar-refractivity contribution in [3.05, 3.63) is 228 Å². The third kappa shape index (κ3) is 18.5. The van der Waals surface area contributed by atoms with Crippen LogP contribution in [0.15, 0.2) is 152 Å². The predicted octanol–water partition coefficient (Wildman–Crippen LogP) is 20.0. The van der Waals surface area contributed by atoms with Gasteiger partial charge in [0.15, 0.2) is 0 Å². The molecule has 4 heteroatoms. The molecule has 378 valence electrons. The number of rotatable bonds is 26. The average molecular weight is 1090 g/mol. The summed E-state index contributed by atoms with van der Waals surface area (Å²) < 4.78 is 12.6. The summed E-state index contributed by atoms with van der Waals surface area (Å²) in [6.07, 6.45) is 36.1. The zero-order chi connectivity index (χ0) is 51.7. The fourth-order valence-electron chi connectivity index (χ4n) is 8.62. The quantitative estimate of drug-likeness (QED) is 0.0306. The van der Waals surface area contributed by atoms with E-state index in [1.54, 1.807) is 7.11 Å². The van der Waals surface area contributed by atoms with Crippen LogP contribution in [0.3, 0.4) is 0 Å². The molecule has 0 aliphatic rings. The summed E-state index contributed by atoms with van der Waals surface area (Å²) >= 11 is 2.44. The number of nitrogens with zero attached hydrogens (tertiary/aromatic N) is 1. The Morgan fingerprint density at radius 1 is 0.365 bits per heavy atom. The smallest absolute Gasteiger partial charge is 0.119 e. The second-order valence-corrected chi connectivity index (χ2v) is 20.4. The lowest BCUT2D eigenvalue weighted by Gasteiger charge is -2.24. The molecule has 0 atom stereocenters. The van der Waals surface area contributed by atoms with E-state index in [0.717, 1.165) is 93.3 Å². The highest BCUT2D eigenvalue weighted by atomic mass is 127. The molecule has 0 radical (unpaired) electrons. The molecule has 0 amide bonds. The van der Waals surface area contributed by atoms with Crippen LogP contribution in [0.2, 0.25) is 0 Å². The molecule has 7 aromatic carbocycles. The molecule has 7 aromatic rings. The van der Waals surface area contributed by atoms with Gasteiger partial charge in [0.05, 0.1) is 13.7 Å². The van der Waals surface area contributed by atoms with Crippen LogP contribution in [0.5, 0.6) is 11.5 Å². The highest BCUT2D eigenvalue weighted by Crippen LogP contribution is 2.25. The highest BCUT2D eigenvalue weighted by molar-refractivity contribution is 14.1. The van der Waals surface area contributed by atoms with Gasteiger partial charge < -0.3 is 14.4 Å². The fraction of sp³-hybridized carbons (Fsp3) is 0.229. The zero-order valence-electron chi connectivity index (χ0n) is 44.3. The Morgan fingerprint density at radius 3 is 1.05 bits per heavy atom. The Balaban J connectivity index is 1.12. The summed E-state index contributed by atoms with van der Waals surface area (Å²) in [6.45, 7) is 11.9. The Kier molecular flexibility index (Phi) is 22.0. The number of unbranched alkanes of at least 4 members (excludes halogenated alkanes) is 5. The van der Waals surface area contributed by atoms with E-state index in [0.29, 0.717) is 0 Å². The van der Waals surface area contributed by atoms with Crippen LogP contribution in [0, 0.1) is 10.5 Å². The molecule has 0 N–H and O–H groups in total. The van der Waals surface area contributed by atoms with Crippen LogP contribution in [-0.2, 0) is 0 Å². The summed E-state index contributed by atoms with van der Waals surface area (Å²) in [6, 6.07) is 54.6. The number of aryl methyl sites for hydroxylation is 1. The molecular weight excluding hydrogens is 1010 g/mol. The molecule has 3 nitrogen and oxygen atoms in total. The number of hydrogen-bond donors (Lipinski definition) is 0. The summed E-state index contributed by atoms with van der Waals surface area (Å²) in [7, 11) is 1.70. The summed E-state index contributed by atoms with van der Waals surface area (Å²) in [4.78, 5) is 2.54. The molecule has 7 rings (SSSR count). The minimum atomic E-state index is 0.762. The van der Waals surface area contributed by atoms with E-state index in [1.165, 1.54) is 70.9 Å². The second kappa shape index (κ2) is 29.7. The second-order valence-electron chi connectivity index (χ2n) is 19.1. The third-order valence-electron chi connectivity index (χ3n) is 12.9. The van der Waals surface area contributed by atoms with E-state index >= 15 is 0 Å². The molecule has 0 unspecified atom stereocenters. The largest absolute Gasteiger partial charge is 0.497 e. The van der Waals surface area contributed by atoms with Crippen LogP contribution in [-0.4, -0.2) is 26.8 Å². The van der Waals surface area contributed by atoms with Gasteiger partial charge in [-0.15, -0.1) is 0 Å². The lowest BCUT2D eigenvalue weighted by atomic mass is 10.0. The lowest BCUT2D eigenvalue weighted by molar-refractivity contribution is 0.305. The maximum atomic E-state index is 6.01. The average Bonchev–Trinajstić information content (AvgIpc) is 3.42. The van der Waals surface area contributed by atoms with Crippen molar-refractivity contribution in [3.8, 4) is 11.5 Å². The molecule has 0 fully saturated rings. The van der Waals surface area contributed by atoms with Crippen molar-refractivity contribution in [3.63, 3.8) is 0 Å². The van der Waals surface area contributed by atoms with Crippen LogP contribution in [0.25, 0.3) is 72.9 Å². The number of hydrogen-bond acceptors (Lipinski definition) is 3. The first-order chi connectivity index (χ1) is 36.2. The number of methoxy groups -OCH3 is 1. The maximum absolute atomic E-state index is 6.01. The first-order valence-electron chi connectivity index (χ1n) is 26.7. The summed E-state index contributed by atoms with van der Waals surface area (Å²) in [5, 5.41) is 0. The SMILES string of the molecule is CCCCCCOc1ccc(/C=C/c2cc(/C=C/c3ccc(OC)cc3)cc(/C=C/c3cc(I)cc(/C=C/c4cc(/C=C/c5ccc(C)cc5)cc(/C=C/c5ccc(N(CCCC)CCCC)cc5)c4)c3)c2)cc1. The molecule has 0 heterocycles. The molecule has 0 saturated carbocycles. The Bertz CT molecular complexity index is 3000. The normalized spacial score (nSPS) is 11.9. The van der Waals surface area contributed by atoms with Crippen molar-refractivity contribution in [1.82, 2.24) is 0 Å². The van der Waals surface area contributed by atoms with Crippen LogP contribution in [0.1, 0.15) is 144 Å². The van der Waals surface area contributed by atoms with E-state index < -0.39 is 0 Å². The summed E-state index contributed by atoms with van der Waals surface area (Å²) in [5.74, 6) is 1.77. The monoisotopic (exact) mass is 1090 g/mol. The molecule has 0 spiro atoms.